The molecule has 4 rings (SSSR count). The third-order valence-electron chi connectivity index (χ3n) is 5.17. The maximum atomic E-state index is 13.2. The number of aromatic nitrogens is 4. The van der Waals surface area contributed by atoms with Crippen molar-refractivity contribution >= 4 is 28.4 Å². The van der Waals surface area contributed by atoms with Crippen LogP contribution in [0, 0.1) is 10.1 Å². The predicted molar refractivity (Wildman–Crippen MR) is 121 cm³/mol. The Morgan fingerprint density at radius 2 is 1.76 bits per heavy atom. The van der Waals surface area contributed by atoms with Crippen LogP contribution in [-0.2, 0) is 24.4 Å². The van der Waals surface area contributed by atoms with Crippen LogP contribution in [0.5, 0.6) is 0 Å². The minimum Gasteiger partial charge on any atom is -0.325 e. The molecule has 0 saturated heterocycles. The summed E-state index contributed by atoms with van der Waals surface area (Å²) in [5.41, 5.74) is 0.245. The van der Waals surface area contributed by atoms with E-state index in [0.29, 0.717) is 12.2 Å². The van der Waals surface area contributed by atoms with Crippen molar-refractivity contribution < 1.29 is 9.72 Å². The number of fused-ring (bicyclic) bond motifs is 1. The van der Waals surface area contributed by atoms with Crippen LogP contribution in [0.4, 0.5) is 11.4 Å². The van der Waals surface area contributed by atoms with Gasteiger partial charge in [0.15, 0.2) is 11.2 Å². The SMILES string of the molecule is CCn1cnc2c1c(=O)n(CC(=O)Nc1ccc([N+](=O)[O-])cc1)c(=O)n2Cc1ccccc1. The second-order valence-electron chi connectivity index (χ2n) is 7.30. The van der Waals surface area contributed by atoms with E-state index < -0.39 is 28.6 Å². The highest BCUT2D eigenvalue weighted by atomic mass is 16.6. The number of rotatable bonds is 7. The van der Waals surface area contributed by atoms with Gasteiger partial charge in [0.2, 0.25) is 5.91 Å². The van der Waals surface area contributed by atoms with E-state index in [-0.39, 0.29) is 23.4 Å². The number of benzene rings is 2. The molecule has 2 aromatic carbocycles. The minimum atomic E-state index is -0.656. The zero-order valence-electron chi connectivity index (χ0n) is 17.7. The lowest BCUT2D eigenvalue weighted by Gasteiger charge is -2.12. The number of nitrogens with one attached hydrogen (secondary N) is 1. The summed E-state index contributed by atoms with van der Waals surface area (Å²) in [4.78, 5) is 53.5. The van der Waals surface area contributed by atoms with Gasteiger partial charge < -0.3 is 9.88 Å². The van der Waals surface area contributed by atoms with E-state index in [0.717, 1.165) is 10.1 Å². The highest BCUT2D eigenvalue weighted by Crippen LogP contribution is 2.15. The normalized spacial score (nSPS) is 10.9. The highest BCUT2D eigenvalue weighted by Gasteiger charge is 2.19. The number of non-ortho nitro benzene ring substituents is 1. The van der Waals surface area contributed by atoms with Crippen molar-refractivity contribution in [3.05, 3.63) is 97.4 Å². The summed E-state index contributed by atoms with van der Waals surface area (Å²) in [5, 5.41) is 13.3. The Hall–Kier alpha value is -4.54. The first-order valence-corrected chi connectivity index (χ1v) is 10.2. The molecule has 0 fully saturated rings. The van der Waals surface area contributed by atoms with Crippen molar-refractivity contribution in [2.24, 2.45) is 0 Å². The average Bonchev–Trinajstić information content (AvgIpc) is 3.25. The van der Waals surface area contributed by atoms with Gasteiger partial charge in [-0.3, -0.25) is 24.3 Å². The lowest BCUT2D eigenvalue weighted by atomic mass is 10.2. The van der Waals surface area contributed by atoms with Crippen LogP contribution >= 0.6 is 0 Å². The fraction of sp³-hybridized carbons (Fsp3) is 0.182. The Morgan fingerprint density at radius 1 is 1.06 bits per heavy atom. The van der Waals surface area contributed by atoms with Gasteiger partial charge in [-0.1, -0.05) is 30.3 Å². The Labute approximate surface area is 186 Å². The van der Waals surface area contributed by atoms with Gasteiger partial charge in [0.1, 0.15) is 6.54 Å². The highest BCUT2D eigenvalue weighted by molar-refractivity contribution is 5.90. The lowest BCUT2D eigenvalue weighted by molar-refractivity contribution is -0.384. The number of hydrogen-bond acceptors (Lipinski definition) is 6. The van der Waals surface area contributed by atoms with E-state index in [2.05, 4.69) is 10.3 Å². The average molecular weight is 448 g/mol. The van der Waals surface area contributed by atoms with Crippen LogP contribution in [0.1, 0.15) is 12.5 Å². The summed E-state index contributed by atoms with van der Waals surface area (Å²) in [6, 6.07) is 14.5. The second-order valence-corrected chi connectivity index (χ2v) is 7.30. The van der Waals surface area contributed by atoms with Gasteiger partial charge in [-0.25, -0.2) is 14.3 Å². The first-order valence-electron chi connectivity index (χ1n) is 10.2. The number of carbonyl (C=O) groups excluding carboxylic acids is 1. The van der Waals surface area contributed by atoms with Gasteiger partial charge in [0.25, 0.3) is 11.2 Å². The van der Waals surface area contributed by atoms with Crippen LogP contribution in [0.15, 0.2) is 70.5 Å². The maximum Gasteiger partial charge on any atom is 0.333 e. The molecule has 1 N–H and O–H groups in total. The summed E-state index contributed by atoms with van der Waals surface area (Å²) >= 11 is 0. The molecule has 0 bridgehead atoms. The number of carbonyl (C=O) groups is 1. The van der Waals surface area contributed by atoms with Crippen molar-refractivity contribution in [2.75, 3.05) is 5.32 Å². The standard InChI is InChI=1S/C22H20N6O5/c1-2-25-14-23-20-19(25)21(30)27(22(31)26(20)12-15-6-4-3-5-7-15)13-18(29)24-16-8-10-17(11-9-16)28(32)33/h3-11,14H,2,12-13H2,1H3,(H,24,29). The molecule has 0 unspecified atom stereocenters. The summed E-state index contributed by atoms with van der Waals surface area (Å²) < 4.78 is 3.88. The van der Waals surface area contributed by atoms with E-state index in [1.54, 1.807) is 4.57 Å². The van der Waals surface area contributed by atoms with Crippen molar-refractivity contribution in [2.45, 2.75) is 26.6 Å². The first kappa shape index (κ1) is 21.7. The van der Waals surface area contributed by atoms with Crippen molar-refractivity contribution in [1.29, 1.82) is 0 Å². The molecular formula is C22H20N6O5. The Morgan fingerprint density at radius 3 is 2.39 bits per heavy atom. The molecule has 33 heavy (non-hydrogen) atoms. The Balaban J connectivity index is 1.72. The number of nitro groups is 1. The van der Waals surface area contributed by atoms with E-state index >= 15 is 0 Å². The van der Waals surface area contributed by atoms with E-state index in [4.69, 9.17) is 0 Å². The van der Waals surface area contributed by atoms with Crippen LogP contribution in [-0.4, -0.2) is 29.5 Å². The van der Waals surface area contributed by atoms with E-state index in [1.807, 2.05) is 37.3 Å². The number of amides is 1. The molecular weight excluding hydrogens is 428 g/mol. The summed E-state index contributed by atoms with van der Waals surface area (Å²) in [7, 11) is 0. The van der Waals surface area contributed by atoms with Gasteiger partial charge in [0, 0.05) is 24.4 Å². The zero-order chi connectivity index (χ0) is 23.5. The Kier molecular flexibility index (Phi) is 5.85. The predicted octanol–water partition coefficient (Wildman–Crippen LogP) is 1.97. The fourth-order valence-corrected chi connectivity index (χ4v) is 3.54. The third kappa shape index (κ3) is 4.28. The largest absolute Gasteiger partial charge is 0.333 e. The molecule has 0 atom stereocenters. The fourth-order valence-electron chi connectivity index (χ4n) is 3.54. The van der Waals surface area contributed by atoms with Gasteiger partial charge >= 0.3 is 5.69 Å². The molecule has 11 nitrogen and oxygen atoms in total. The maximum absolute atomic E-state index is 13.2. The number of aryl methyl sites for hydroxylation is 1. The van der Waals surface area contributed by atoms with Crippen LogP contribution in [0.3, 0.4) is 0 Å². The molecule has 0 aliphatic rings. The topological polar surface area (TPSA) is 134 Å². The first-order chi connectivity index (χ1) is 15.9. The summed E-state index contributed by atoms with van der Waals surface area (Å²) in [6.07, 6.45) is 1.49. The van der Waals surface area contributed by atoms with Gasteiger partial charge in [-0.15, -0.1) is 0 Å². The van der Waals surface area contributed by atoms with E-state index in [9.17, 15) is 24.5 Å². The summed E-state index contributed by atoms with van der Waals surface area (Å²) in [5.74, 6) is -0.615. The third-order valence-corrected chi connectivity index (χ3v) is 5.17. The van der Waals surface area contributed by atoms with Gasteiger partial charge in [-0.2, -0.15) is 0 Å². The summed E-state index contributed by atoms with van der Waals surface area (Å²) in [6.45, 7) is 1.97. The second kappa shape index (κ2) is 8.91. The number of anilines is 1. The molecule has 2 aromatic heterocycles. The molecule has 0 aliphatic carbocycles. The quantitative estimate of drug-likeness (QED) is 0.339. The number of imidazole rings is 1. The monoisotopic (exact) mass is 448 g/mol. The lowest BCUT2D eigenvalue weighted by Crippen LogP contribution is -2.43. The van der Waals surface area contributed by atoms with Crippen LogP contribution in [0.25, 0.3) is 11.2 Å². The molecule has 0 saturated carbocycles. The molecule has 0 aliphatic heterocycles. The van der Waals surface area contributed by atoms with Crippen molar-refractivity contribution in [3.8, 4) is 0 Å². The van der Waals surface area contributed by atoms with Gasteiger partial charge in [0.05, 0.1) is 17.8 Å². The molecule has 0 radical (unpaired) electrons. The zero-order valence-corrected chi connectivity index (χ0v) is 17.7. The molecule has 0 spiro atoms. The van der Waals surface area contributed by atoms with Crippen LogP contribution < -0.4 is 16.6 Å². The Bertz CT molecular complexity index is 1450. The smallest absolute Gasteiger partial charge is 0.325 e. The number of nitrogens with zero attached hydrogens (tertiary/aromatic N) is 5. The molecule has 1 amide bonds. The number of hydrogen-bond donors (Lipinski definition) is 1. The van der Waals surface area contributed by atoms with Crippen molar-refractivity contribution in [1.82, 2.24) is 18.7 Å². The van der Waals surface area contributed by atoms with E-state index in [1.165, 1.54) is 35.2 Å². The molecule has 11 heteroatoms. The molecule has 4 aromatic rings. The van der Waals surface area contributed by atoms with Crippen LogP contribution in [0.2, 0.25) is 0 Å². The van der Waals surface area contributed by atoms with Crippen molar-refractivity contribution in [3.63, 3.8) is 0 Å². The number of nitro benzene ring substituents is 1. The molecule has 168 valence electrons. The van der Waals surface area contributed by atoms with Gasteiger partial charge in [-0.05, 0) is 24.6 Å². The minimum absolute atomic E-state index is 0.119. The molecule has 2 heterocycles.